The summed E-state index contributed by atoms with van der Waals surface area (Å²) in [6.45, 7) is 5.42. The third-order valence-electron chi connectivity index (χ3n) is 5.10. The molecule has 182 valence electrons. The van der Waals surface area contributed by atoms with Crippen LogP contribution in [0.1, 0.15) is 13.8 Å². The van der Waals surface area contributed by atoms with Crippen LogP contribution in [0.4, 0.5) is 5.82 Å². The second-order valence-electron chi connectivity index (χ2n) is 7.87. The lowest BCUT2D eigenvalue weighted by Crippen LogP contribution is -2.28. The molecule has 0 aliphatic heterocycles. The topological polar surface area (TPSA) is 96.2 Å². The molecule has 0 atom stereocenters. The fourth-order valence-corrected chi connectivity index (χ4v) is 4.08. The highest BCUT2D eigenvalue weighted by Crippen LogP contribution is 2.35. The van der Waals surface area contributed by atoms with E-state index in [4.69, 9.17) is 38.1 Å². The maximum Gasteiger partial charge on any atom is 0.290 e. The summed E-state index contributed by atoms with van der Waals surface area (Å²) >= 11 is 13.0. The molecule has 7 nitrogen and oxygen atoms in total. The SMILES string of the molecule is CC(C)NCCNc1cc(-c2ccccc2Cl)c2ccc(=O)n(-c3ccccc3Cl)c2n1.O=CO. The maximum atomic E-state index is 13.0. The van der Waals surface area contributed by atoms with Gasteiger partial charge in [0.05, 0.1) is 10.7 Å². The molecule has 0 bridgehead atoms. The molecule has 0 saturated heterocycles. The van der Waals surface area contributed by atoms with Crippen molar-refractivity contribution in [3.63, 3.8) is 0 Å². The molecule has 2 aromatic carbocycles. The Hall–Kier alpha value is -3.39. The molecular formula is C26H26Cl2N4O3. The molecule has 2 heterocycles. The highest BCUT2D eigenvalue weighted by molar-refractivity contribution is 6.34. The third-order valence-corrected chi connectivity index (χ3v) is 5.75. The summed E-state index contributed by atoms with van der Waals surface area (Å²) in [4.78, 5) is 26.1. The summed E-state index contributed by atoms with van der Waals surface area (Å²) in [5.74, 6) is 0.657. The van der Waals surface area contributed by atoms with Crippen LogP contribution in [0.2, 0.25) is 10.0 Å². The van der Waals surface area contributed by atoms with Gasteiger partial charge in [0.15, 0.2) is 0 Å². The Bertz CT molecular complexity index is 1370. The predicted molar refractivity (Wildman–Crippen MR) is 143 cm³/mol. The van der Waals surface area contributed by atoms with Crippen LogP contribution in [-0.2, 0) is 4.79 Å². The van der Waals surface area contributed by atoms with Crippen LogP contribution in [0.15, 0.2) is 71.5 Å². The number of rotatable bonds is 7. The fourth-order valence-electron chi connectivity index (χ4n) is 3.62. The van der Waals surface area contributed by atoms with E-state index in [1.165, 1.54) is 6.07 Å². The van der Waals surface area contributed by atoms with Gasteiger partial charge in [-0.1, -0.05) is 67.4 Å². The van der Waals surface area contributed by atoms with Crippen molar-refractivity contribution in [3.8, 4) is 16.8 Å². The van der Waals surface area contributed by atoms with Crippen LogP contribution in [0.3, 0.4) is 0 Å². The monoisotopic (exact) mass is 512 g/mol. The molecule has 0 unspecified atom stereocenters. The second-order valence-corrected chi connectivity index (χ2v) is 8.69. The largest absolute Gasteiger partial charge is 0.483 e. The van der Waals surface area contributed by atoms with Gasteiger partial charge in [0.2, 0.25) is 0 Å². The summed E-state index contributed by atoms with van der Waals surface area (Å²) in [5, 5.41) is 15.5. The summed E-state index contributed by atoms with van der Waals surface area (Å²) in [5.41, 5.74) is 2.65. The van der Waals surface area contributed by atoms with Crippen LogP contribution in [0.5, 0.6) is 0 Å². The Labute approximate surface area is 213 Å². The third kappa shape index (κ3) is 6.39. The van der Waals surface area contributed by atoms with Gasteiger partial charge in [-0.15, -0.1) is 0 Å². The Morgan fingerprint density at radius 3 is 2.29 bits per heavy atom. The minimum absolute atomic E-state index is 0.207. The minimum Gasteiger partial charge on any atom is -0.483 e. The molecule has 35 heavy (non-hydrogen) atoms. The van der Waals surface area contributed by atoms with Crippen LogP contribution in [0, 0.1) is 0 Å². The maximum absolute atomic E-state index is 13.0. The molecule has 3 N–H and O–H groups in total. The van der Waals surface area contributed by atoms with E-state index in [1.54, 1.807) is 16.7 Å². The zero-order valence-corrected chi connectivity index (χ0v) is 20.8. The van der Waals surface area contributed by atoms with Crippen LogP contribution < -0.4 is 16.2 Å². The zero-order valence-electron chi connectivity index (χ0n) is 19.3. The van der Waals surface area contributed by atoms with E-state index in [2.05, 4.69) is 24.5 Å². The van der Waals surface area contributed by atoms with Gasteiger partial charge in [0.25, 0.3) is 12.0 Å². The number of aromatic nitrogens is 2. The number of nitrogens with one attached hydrogen (secondary N) is 2. The molecule has 9 heteroatoms. The number of fused-ring (bicyclic) bond motifs is 1. The number of benzene rings is 2. The quantitative estimate of drug-likeness (QED) is 0.224. The van der Waals surface area contributed by atoms with Crippen LogP contribution >= 0.6 is 23.2 Å². The van der Waals surface area contributed by atoms with Crippen molar-refractivity contribution < 1.29 is 9.90 Å². The number of para-hydroxylation sites is 1. The average Bonchev–Trinajstić information content (AvgIpc) is 2.83. The van der Waals surface area contributed by atoms with Gasteiger partial charge in [0.1, 0.15) is 11.5 Å². The summed E-state index contributed by atoms with van der Waals surface area (Å²) < 4.78 is 1.55. The molecule has 2 aromatic heterocycles. The number of hydrogen-bond donors (Lipinski definition) is 3. The summed E-state index contributed by atoms with van der Waals surface area (Å²) in [7, 11) is 0. The van der Waals surface area contributed by atoms with Crippen molar-refractivity contribution in [3.05, 3.63) is 87.1 Å². The van der Waals surface area contributed by atoms with Gasteiger partial charge in [0, 0.05) is 41.2 Å². The van der Waals surface area contributed by atoms with Gasteiger partial charge in [-0.25, -0.2) is 4.98 Å². The number of pyridine rings is 2. The van der Waals surface area contributed by atoms with Gasteiger partial charge in [-0.3, -0.25) is 14.2 Å². The van der Waals surface area contributed by atoms with Gasteiger partial charge < -0.3 is 15.7 Å². The van der Waals surface area contributed by atoms with Gasteiger partial charge in [-0.2, -0.15) is 0 Å². The van der Waals surface area contributed by atoms with Gasteiger partial charge in [-0.05, 0) is 35.9 Å². The van der Waals surface area contributed by atoms with E-state index in [0.717, 1.165) is 23.1 Å². The number of halogens is 2. The van der Waals surface area contributed by atoms with E-state index in [0.29, 0.717) is 39.8 Å². The molecule has 0 fully saturated rings. The lowest BCUT2D eigenvalue weighted by molar-refractivity contribution is -0.122. The summed E-state index contributed by atoms with van der Waals surface area (Å²) in [6.07, 6.45) is 0. The van der Waals surface area contributed by atoms with Crippen molar-refractivity contribution in [1.29, 1.82) is 0 Å². The van der Waals surface area contributed by atoms with Crippen LogP contribution in [0.25, 0.3) is 27.8 Å². The molecule has 0 aliphatic carbocycles. The van der Waals surface area contributed by atoms with Crippen molar-refractivity contribution in [2.24, 2.45) is 0 Å². The molecule has 0 radical (unpaired) electrons. The lowest BCUT2D eigenvalue weighted by atomic mass is 10.0. The number of hydrogen-bond acceptors (Lipinski definition) is 5. The zero-order chi connectivity index (χ0) is 25.4. The number of anilines is 1. The van der Waals surface area contributed by atoms with E-state index in [-0.39, 0.29) is 12.0 Å². The Morgan fingerprint density at radius 1 is 0.971 bits per heavy atom. The molecule has 4 aromatic rings. The van der Waals surface area contributed by atoms with Crippen molar-refractivity contribution in [2.75, 3.05) is 18.4 Å². The number of carboxylic acid groups (broad SMARTS) is 1. The number of carbonyl (C=O) groups is 1. The first-order valence-electron chi connectivity index (χ1n) is 11.0. The second kappa shape index (κ2) is 12.4. The standard InChI is InChI=1S/C25H24Cl2N4O.CH2O2/c1-16(2)28-13-14-29-23-15-19(17-7-3-4-8-20(17)26)18-11-12-24(32)31(25(18)30-23)22-10-6-5-9-21(22)27;2-1-3/h3-12,15-16,28H,13-14H2,1-2H3,(H,29,30);1H,(H,2,3). The van der Waals surface area contributed by atoms with E-state index in [9.17, 15) is 4.79 Å². The molecule has 0 spiro atoms. The minimum atomic E-state index is -0.250. The van der Waals surface area contributed by atoms with E-state index in [1.807, 2.05) is 48.5 Å². The Morgan fingerprint density at radius 2 is 1.63 bits per heavy atom. The van der Waals surface area contributed by atoms with Gasteiger partial charge >= 0.3 is 0 Å². The highest BCUT2D eigenvalue weighted by atomic mass is 35.5. The molecule has 4 rings (SSSR count). The Kier molecular flexibility index (Phi) is 9.25. The van der Waals surface area contributed by atoms with E-state index >= 15 is 0 Å². The predicted octanol–water partition coefficient (Wildman–Crippen LogP) is 5.47. The molecule has 0 saturated carbocycles. The Balaban J connectivity index is 0.00000108. The molecule has 0 aliphatic rings. The van der Waals surface area contributed by atoms with Crippen molar-refractivity contribution in [2.45, 2.75) is 19.9 Å². The number of nitrogens with zero attached hydrogens (tertiary/aromatic N) is 2. The average molecular weight is 513 g/mol. The highest BCUT2D eigenvalue weighted by Gasteiger charge is 2.16. The first-order chi connectivity index (χ1) is 16.9. The first-order valence-corrected chi connectivity index (χ1v) is 11.7. The molecule has 0 amide bonds. The lowest BCUT2D eigenvalue weighted by Gasteiger charge is -2.17. The van der Waals surface area contributed by atoms with Crippen molar-refractivity contribution in [1.82, 2.24) is 14.9 Å². The normalized spacial score (nSPS) is 10.7. The fraction of sp³-hybridized carbons (Fsp3) is 0.192. The summed E-state index contributed by atoms with van der Waals surface area (Å²) in [6, 6.07) is 20.6. The molecular weight excluding hydrogens is 487 g/mol. The van der Waals surface area contributed by atoms with Crippen molar-refractivity contribution >= 4 is 46.5 Å². The van der Waals surface area contributed by atoms with E-state index < -0.39 is 0 Å². The smallest absolute Gasteiger partial charge is 0.290 e. The van der Waals surface area contributed by atoms with Crippen LogP contribution in [-0.4, -0.2) is 40.3 Å². The first kappa shape index (κ1) is 26.2.